The van der Waals surface area contributed by atoms with Crippen molar-refractivity contribution >= 4 is 17.6 Å². The molecule has 84 valence electrons. The van der Waals surface area contributed by atoms with E-state index >= 15 is 0 Å². The number of aromatic nitrogens is 3. The summed E-state index contributed by atoms with van der Waals surface area (Å²) < 4.78 is 1.60. The largest absolute Gasteiger partial charge is 0.388 e. The standard InChI is InChI=1S/C8H15N5OS/c1-2-4-13-7(14)11-12-8(13)15-5-3-6(9)10/h2-5H2,1H3,(H3,9,10)(H,11,14). The van der Waals surface area contributed by atoms with Gasteiger partial charge in [0.1, 0.15) is 0 Å². The second-order valence-corrected chi connectivity index (χ2v) is 4.15. The molecule has 0 bridgehead atoms. The van der Waals surface area contributed by atoms with Crippen molar-refractivity contribution in [1.29, 1.82) is 5.41 Å². The molecule has 0 aromatic carbocycles. The average Bonchev–Trinajstić information content (AvgIpc) is 2.50. The van der Waals surface area contributed by atoms with Gasteiger partial charge in [0.25, 0.3) is 0 Å². The van der Waals surface area contributed by atoms with Crippen LogP contribution in [0.3, 0.4) is 0 Å². The number of nitrogens with zero attached hydrogens (tertiary/aromatic N) is 2. The number of thioether (sulfide) groups is 1. The van der Waals surface area contributed by atoms with E-state index in [4.69, 9.17) is 11.1 Å². The Morgan fingerprint density at radius 3 is 3.07 bits per heavy atom. The Balaban J connectivity index is 2.60. The first kappa shape index (κ1) is 11.8. The van der Waals surface area contributed by atoms with Crippen LogP contribution in [0.25, 0.3) is 0 Å². The lowest BCUT2D eigenvalue weighted by Gasteiger charge is -2.02. The summed E-state index contributed by atoms with van der Waals surface area (Å²) in [6.45, 7) is 2.67. The van der Waals surface area contributed by atoms with Crippen molar-refractivity contribution in [3.63, 3.8) is 0 Å². The highest BCUT2D eigenvalue weighted by molar-refractivity contribution is 7.99. The molecule has 15 heavy (non-hydrogen) atoms. The summed E-state index contributed by atoms with van der Waals surface area (Å²) in [5.41, 5.74) is 5.05. The van der Waals surface area contributed by atoms with E-state index < -0.39 is 0 Å². The third-order valence-electron chi connectivity index (χ3n) is 1.77. The van der Waals surface area contributed by atoms with Crippen molar-refractivity contribution in [3.05, 3.63) is 10.5 Å². The molecule has 0 aliphatic rings. The van der Waals surface area contributed by atoms with Gasteiger partial charge in [0, 0.05) is 18.7 Å². The second kappa shape index (κ2) is 5.59. The highest BCUT2D eigenvalue weighted by atomic mass is 32.2. The van der Waals surface area contributed by atoms with E-state index in [2.05, 4.69) is 10.2 Å². The molecule has 1 aromatic heterocycles. The summed E-state index contributed by atoms with van der Waals surface area (Å²) in [5, 5.41) is 14.1. The maximum Gasteiger partial charge on any atom is 0.343 e. The number of amidine groups is 1. The van der Waals surface area contributed by atoms with Crippen LogP contribution in [-0.2, 0) is 6.54 Å². The van der Waals surface area contributed by atoms with Crippen molar-refractivity contribution in [2.45, 2.75) is 31.5 Å². The topological polar surface area (TPSA) is 101 Å². The van der Waals surface area contributed by atoms with Gasteiger partial charge in [-0.2, -0.15) is 0 Å². The minimum absolute atomic E-state index is 0.155. The van der Waals surface area contributed by atoms with Crippen molar-refractivity contribution < 1.29 is 0 Å². The van der Waals surface area contributed by atoms with Crippen LogP contribution in [0.2, 0.25) is 0 Å². The van der Waals surface area contributed by atoms with Crippen molar-refractivity contribution in [1.82, 2.24) is 14.8 Å². The molecule has 0 radical (unpaired) electrons. The Kier molecular flexibility index (Phi) is 4.41. The van der Waals surface area contributed by atoms with Crippen LogP contribution in [0.1, 0.15) is 19.8 Å². The van der Waals surface area contributed by atoms with Crippen LogP contribution < -0.4 is 11.4 Å². The Morgan fingerprint density at radius 2 is 2.47 bits per heavy atom. The molecule has 0 aliphatic carbocycles. The van der Waals surface area contributed by atoms with Crippen LogP contribution in [0, 0.1) is 5.41 Å². The number of aromatic amines is 1. The summed E-state index contributed by atoms with van der Waals surface area (Å²) in [4.78, 5) is 11.3. The van der Waals surface area contributed by atoms with Crippen LogP contribution >= 0.6 is 11.8 Å². The first-order chi connectivity index (χ1) is 7.15. The van der Waals surface area contributed by atoms with Gasteiger partial charge in [-0.3, -0.25) is 9.98 Å². The van der Waals surface area contributed by atoms with E-state index in [0.717, 1.165) is 6.42 Å². The maximum absolute atomic E-state index is 11.3. The Hall–Kier alpha value is -1.24. The fourth-order valence-corrected chi connectivity index (χ4v) is 2.03. The van der Waals surface area contributed by atoms with Crippen molar-refractivity contribution in [2.24, 2.45) is 5.73 Å². The molecular formula is C8H15N5OS. The molecule has 0 saturated carbocycles. The Bertz CT molecular complexity index is 383. The van der Waals surface area contributed by atoms with E-state index in [1.807, 2.05) is 6.92 Å². The fraction of sp³-hybridized carbons (Fsp3) is 0.625. The fourth-order valence-electron chi connectivity index (χ4n) is 1.09. The van der Waals surface area contributed by atoms with Gasteiger partial charge in [0.15, 0.2) is 5.16 Å². The predicted octanol–water partition coefficient (Wildman–Crippen LogP) is 0.400. The third-order valence-corrected chi connectivity index (χ3v) is 2.75. The van der Waals surface area contributed by atoms with E-state index in [-0.39, 0.29) is 11.5 Å². The molecule has 0 fully saturated rings. The first-order valence-corrected chi connectivity index (χ1v) is 5.74. The molecule has 0 aliphatic heterocycles. The normalized spacial score (nSPS) is 10.5. The lowest BCUT2D eigenvalue weighted by atomic mass is 10.5. The first-order valence-electron chi connectivity index (χ1n) is 4.76. The lowest BCUT2D eigenvalue weighted by molar-refractivity contribution is 0.604. The molecule has 0 amide bonds. The zero-order chi connectivity index (χ0) is 11.3. The van der Waals surface area contributed by atoms with Gasteiger partial charge < -0.3 is 5.73 Å². The lowest BCUT2D eigenvalue weighted by Crippen LogP contribution is -2.17. The van der Waals surface area contributed by atoms with Gasteiger partial charge in [-0.05, 0) is 6.42 Å². The van der Waals surface area contributed by atoms with Crippen molar-refractivity contribution in [3.8, 4) is 0 Å². The summed E-state index contributed by atoms with van der Waals surface area (Å²) in [6.07, 6.45) is 1.40. The minimum Gasteiger partial charge on any atom is -0.388 e. The number of nitrogens with two attached hydrogens (primary N) is 1. The van der Waals surface area contributed by atoms with Gasteiger partial charge in [-0.1, -0.05) is 18.7 Å². The molecule has 7 heteroatoms. The highest BCUT2D eigenvalue weighted by Gasteiger charge is 2.07. The van der Waals surface area contributed by atoms with Gasteiger partial charge in [0.2, 0.25) is 0 Å². The smallest absolute Gasteiger partial charge is 0.343 e. The summed E-state index contributed by atoms with van der Waals surface area (Å²) in [6, 6.07) is 0. The number of rotatable bonds is 6. The molecule has 0 unspecified atom stereocenters. The van der Waals surface area contributed by atoms with E-state index in [0.29, 0.717) is 23.9 Å². The molecule has 4 N–H and O–H groups in total. The van der Waals surface area contributed by atoms with E-state index in [1.165, 1.54) is 11.8 Å². The third kappa shape index (κ3) is 3.43. The van der Waals surface area contributed by atoms with Gasteiger partial charge in [-0.15, -0.1) is 5.10 Å². The number of nitrogens with one attached hydrogen (secondary N) is 2. The van der Waals surface area contributed by atoms with Crippen molar-refractivity contribution in [2.75, 3.05) is 5.75 Å². The molecule has 0 saturated heterocycles. The molecule has 1 heterocycles. The quantitative estimate of drug-likeness (QED) is 0.373. The average molecular weight is 229 g/mol. The molecule has 0 spiro atoms. The molecular weight excluding hydrogens is 214 g/mol. The van der Waals surface area contributed by atoms with Crippen LogP contribution in [0.15, 0.2) is 9.95 Å². The van der Waals surface area contributed by atoms with Crippen LogP contribution in [0.5, 0.6) is 0 Å². The Morgan fingerprint density at radius 1 is 1.73 bits per heavy atom. The number of H-pyrrole nitrogens is 1. The molecule has 6 nitrogen and oxygen atoms in total. The monoisotopic (exact) mass is 229 g/mol. The molecule has 1 aromatic rings. The Labute approximate surface area is 91.8 Å². The number of hydrogen-bond donors (Lipinski definition) is 3. The number of hydrogen-bond acceptors (Lipinski definition) is 4. The SMILES string of the molecule is CCCn1c(SCCC(=N)N)n[nH]c1=O. The second-order valence-electron chi connectivity index (χ2n) is 3.09. The predicted molar refractivity (Wildman–Crippen MR) is 60.4 cm³/mol. The van der Waals surface area contributed by atoms with Gasteiger partial charge >= 0.3 is 5.69 Å². The van der Waals surface area contributed by atoms with Gasteiger partial charge in [0.05, 0.1) is 5.84 Å². The zero-order valence-corrected chi connectivity index (χ0v) is 9.43. The summed E-state index contributed by atoms with van der Waals surface area (Å²) >= 11 is 1.44. The highest BCUT2D eigenvalue weighted by Crippen LogP contribution is 2.13. The van der Waals surface area contributed by atoms with Gasteiger partial charge in [-0.25, -0.2) is 9.89 Å². The zero-order valence-electron chi connectivity index (χ0n) is 8.62. The minimum atomic E-state index is -0.179. The molecule has 0 atom stereocenters. The summed E-state index contributed by atoms with van der Waals surface area (Å²) in [7, 11) is 0. The van der Waals surface area contributed by atoms with E-state index in [1.54, 1.807) is 4.57 Å². The van der Waals surface area contributed by atoms with Crippen LogP contribution in [-0.4, -0.2) is 26.4 Å². The summed E-state index contributed by atoms with van der Waals surface area (Å²) in [5.74, 6) is 0.825. The maximum atomic E-state index is 11.3. The van der Waals surface area contributed by atoms with E-state index in [9.17, 15) is 4.79 Å². The molecule has 1 rings (SSSR count). The van der Waals surface area contributed by atoms with Crippen LogP contribution in [0.4, 0.5) is 0 Å².